The van der Waals surface area contributed by atoms with Crippen molar-refractivity contribution in [2.24, 2.45) is 4.99 Å². The molecule has 0 aromatic heterocycles. The third-order valence-electron chi connectivity index (χ3n) is 4.18. The quantitative estimate of drug-likeness (QED) is 0.274. The summed E-state index contributed by atoms with van der Waals surface area (Å²) in [5, 5.41) is 3.40. The lowest BCUT2D eigenvalue weighted by atomic mass is 10.2. The molecule has 1 aliphatic rings. The molecule has 0 amide bonds. The minimum atomic E-state index is 0. The van der Waals surface area contributed by atoms with Crippen LogP contribution < -0.4 is 5.32 Å². The fourth-order valence-electron chi connectivity index (χ4n) is 2.83. The summed E-state index contributed by atoms with van der Waals surface area (Å²) < 4.78 is 5.38. The van der Waals surface area contributed by atoms with Crippen LogP contribution in [-0.4, -0.2) is 74.8 Å². The molecule has 0 spiro atoms. The van der Waals surface area contributed by atoms with E-state index in [0.29, 0.717) is 6.61 Å². The monoisotopic (exact) mass is 472 g/mol. The molecule has 2 rings (SSSR count). The molecule has 1 aliphatic heterocycles. The predicted molar refractivity (Wildman–Crippen MR) is 121 cm³/mol. The van der Waals surface area contributed by atoms with E-state index >= 15 is 0 Å². The number of ether oxygens (including phenoxy) is 1. The van der Waals surface area contributed by atoms with Gasteiger partial charge in [-0.3, -0.25) is 9.89 Å². The van der Waals surface area contributed by atoms with Gasteiger partial charge in [0, 0.05) is 45.9 Å². The summed E-state index contributed by atoms with van der Waals surface area (Å²) in [6.07, 6.45) is 4.46. The SMILES string of the molecule is CCNC(=NCCOCC)N1CCN(C/C=C/c2ccccc2)CC1.I. The van der Waals surface area contributed by atoms with E-state index in [1.807, 2.05) is 6.92 Å². The third-order valence-corrected chi connectivity index (χ3v) is 4.18. The lowest BCUT2D eigenvalue weighted by molar-refractivity contribution is 0.155. The summed E-state index contributed by atoms with van der Waals surface area (Å²) in [7, 11) is 0. The summed E-state index contributed by atoms with van der Waals surface area (Å²) in [6, 6.07) is 10.5. The van der Waals surface area contributed by atoms with Crippen LogP contribution >= 0.6 is 24.0 Å². The minimum Gasteiger partial charge on any atom is -0.380 e. The Kier molecular flexibility index (Phi) is 12.3. The first-order valence-electron chi connectivity index (χ1n) is 9.38. The molecule has 1 heterocycles. The molecule has 6 heteroatoms. The van der Waals surface area contributed by atoms with Gasteiger partial charge in [-0.1, -0.05) is 42.5 Å². The van der Waals surface area contributed by atoms with E-state index in [1.54, 1.807) is 0 Å². The van der Waals surface area contributed by atoms with Crippen LogP contribution in [0.4, 0.5) is 0 Å². The fourth-order valence-corrected chi connectivity index (χ4v) is 2.83. The summed E-state index contributed by atoms with van der Waals surface area (Å²) in [6.45, 7) is 12.3. The molecule has 0 aliphatic carbocycles. The fraction of sp³-hybridized carbons (Fsp3) is 0.550. The molecule has 0 radical (unpaired) electrons. The van der Waals surface area contributed by atoms with Gasteiger partial charge in [0.2, 0.25) is 0 Å². The van der Waals surface area contributed by atoms with Crippen molar-refractivity contribution in [1.29, 1.82) is 0 Å². The zero-order valence-corrected chi connectivity index (χ0v) is 18.4. The molecule has 0 atom stereocenters. The van der Waals surface area contributed by atoms with E-state index < -0.39 is 0 Å². The molecule has 5 nitrogen and oxygen atoms in total. The summed E-state index contributed by atoms with van der Waals surface area (Å²) >= 11 is 0. The maximum Gasteiger partial charge on any atom is 0.194 e. The van der Waals surface area contributed by atoms with E-state index in [0.717, 1.165) is 58.4 Å². The Morgan fingerprint density at radius 3 is 2.54 bits per heavy atom. The van der Waals surface area contributed by atoms with Gasteiger partial charge in [-0.15, -0.1) is 24.0 Å². The van der Waals surface area contributed by atoms with Crippen LogP contribution in [0.25, 0.3) is 6.08 Å². The van der Waals surface area contributed by atoms with Crippen LogP contribution in [0.5, 0.6) is 0 Å². The highest BCUT2D eigenvalue weighted by molar-refractivity contribution is 14.0. The molecular weight excluding hydrogens is 439 g/mol. The number of piperazine rings is 1. The first-order chi connectivity index (χ1) is 12.3. The van der Waals surface area contributed by atoms with Crippen molar-refractivity contribution in [2.45, 2.75) is 13.8 Å². The molecule has 26 heavy (non-hydrogen) atoms. The van der Waals surface area contributed by atoms with Crippen molar-refractivity contribution in [3.05, 3.63) is 42.0 Å². The second kappa shape index (κ2) is 14.0. The normalized spacial score (nSPS) is 15.9. The van der Waals surface area contributed by atoms with Crippen molar-refractivity contribution in [2.75, 3.05) is 59.0 Å². The van der Waals surface area contributed by atoms with Crippen molar-refractivity contribution < 1.29 is 4.74 Å². The molecule has 1 aromatic carbocycles. The highest BCUT2D eigenvalue weighted by Gasteiger charge is 2.18. The highest BCUT2D eigenvalue weighted by atomic mass is 127. The van der Waals surface area contributed by atoms with Crippen molar-refractivity contribution in [3.8, 4) is 0 Å². The summed E-state index contributed by atoms with van der Waals surface area (Å²) in [5.74, 6) is 1.02. The standard InChI is InChI=1S/C20H32N4O.HI/c1-3-21-20(22-12-18-25-4-2)24-16-14-23(15-17-24)13-8-11-19-9-6-5-7-10-19;/h5-11H,3-4,12-18H2,1-2H3,(H,21,22);1H/b11-8+;. The van der Waals surface area contributed by atoms with Crippen LogP contribution in [0.2, 0.25) is 0 Å². The number of benzene rings is 1. The van der Waals surface area contributed by atoms with Crippen LogP contribution in [0.1, 0.15) is 19.4 Å². The lowest BCUT2D eigenvalue weighted by Gasteiger charge is -2.36. The number of rotatable bonds is 8. The lowest BCUT2D eigenvalue weighted by Crippen LogP contribution is -2.52. The molecule has 0 unspecified atom stereocenters. The van der Waals surface area contributed by atoms with Crippen LogP contribution in [-0.2, 0) is 4.74 Å². The molecule has 0 saturated carbocycles. The van der Waals surface area contributed by atoms with Crippen molar-refractivity contribution >= 4 is 36.0 Å². The molecule has 1 N–H and O–H groups in total. The zero-order valence-electron chi connectivity index (χ0n) is 16.1. The first-order valence-corrected chi connectivity index (χ1v) is 9.38. The number of hydrogen-bond donors (Lipinski definition) is 1. The van der Waals surface area contributed by atoms with Crippen molar-refractivity contribution in [3.63, 3.8) is 0 Å². The summed E-state index contributed by atoms with van der Waals surface area (Å²) in [5.41, 5.74) is 1.26. The number of guanidine groups is 1. The zero-order chi connectivity index (χ0) is 17.7. The van der Waals surface area contributed by atoms with Gasteiger partial charge in [-0.05, 0) is 19.4 Å². The predicted octanol–water partition coefficient (Wildman–Crippen LogP) is 2.94. The van der Waals surface area contributed by atoms with Crippen LogP contribution in [0.3, 0.4) is 0 Å². The Hall–Kier alpha value is -1.12. The third kappa shape index (κ3) is 8.51. The van der Waals surface area contributed by atoms with Gasteiger partial charge in [0.15, 0.2) is 5.96 Å². The van der Waals surface area contributed by atoms with Gasteiger partial charge in [0.25, 0.3) is 0 Å². The maximum atomic E-state index is 5.38. The molecule has 146 valence electrons. The number of nitrogens with zero attached hydrogens (tertiary/aromatic N) is 3. The Morgan fingerprint density at radius 2 is 1.88 bits per heavy atom. The van der Waals surface area contributed by atoms with Crippen LogP contribution in [0.15, 0.2) is 41.4 Å². The first kappa shape index (κ1) is 22.9. The van der Waals surface area contributed by atoms with Gasteiger partial charge in [0.1, 0.15) is 0 Å². The molecule has 1 aromatic rings. The molecule has 1 saturated heterocycles. The largest absolute Gasteiger partial charge is 0.380 e. The van der Waals surface area contributed by atoms with Gasteiger partial charge < -0.3 is 15.0 Å². The number of aliphatic imine (C=N–C) groups is 1. The molecular formula is C20H33IN4O. The van der Waals surface area contributed by atoms with Gasteiger partial charge in [-0.2, -0.15) is 0 Å². The Bertz CT molecular complexity index is 528. The topological polar surface area (TPSA) is 40.1 Å². The number of halogens is 1. The maximum absolute atomic E-state index is 5.38. The Labute approximate surface area is 175 Å². The minimum absolute atomic E-state index is 0. The highest BCUT2D eigenvalue weighted by Crippen LogP contribution is 2.05. The van der Waals surface area contributed by atoms with Gasteiger partial charge in [0.05, 0.1) is 13.2 Å². The Morgan fingerprint density at radius 1 is 1.15 bits per heavy atom. The van der Waals surface area contributed by atoms with Crippen LogP contribution in [0, 0.1) is 0 Å². The van der Waals surface area contributed by atoms with E-state index in [2.05, 4.69) is 69.5 Å². The van der Waals surface area contributed by atoms with Gasteiger partial charge >= 0.3 is 0 Å². The van der Waals surface area contributed by atoms with E-state index in [1.165, 1.54) is 5.56 Å². The number of hydrogen-bond acceptors (Lipinski definition) is 3. The van der Waals surface area contributed by atoms with E-state index in [9.17, 15) is 0 Å². The van der Waals surface area contributed by atoms with E-state index in [4.69, 9.17) is 4.74 Å². The van der Waals surface area contributed by atoms with Crippen molar-refractivity contribution in [1.82, 2.24) is 15.1 Å². The van der Waals surface area contributed by atoms with E-state index in [-0.39, 0.29) is 24.0 Å². The average Bonchev–Trinajstić information content (AvgIpc) is 2.66. The second-order valence-corrected chi connectivity index (χ2v) is 6.03. The summed E-state index contributed by atoms with van der Waals surface area (Å²) in [4.78, 5) is 9.52. The smallest absolute Gasteiger partial charge is 0.194 e. The number of nitrogens with one attached hydrogen (secondary N) is 1. The second-order valence-electron chi connectivity index (χ2n) is 6.03. The van der Waals surface area contributed by atoms with Gasteiger partial charge in [-0.25, -0.2) is 0 Å². The molecule has 1 fully saturated rings. The average molecular weight is 472 g/mol. The molecule has 0 bridgehead atoms. The Balaban J connectivity index is 0.00000338.